The number of hydrogen-bond donors (Lipinski definition) is 1. The van der Waals surface area contributed by atoms with Crippen LogP contribution in [0.15, 0.2) is 18.2 Å². The Morgan fingerprint density at radius 2 is 2.37 bits per heavy atom. The molecule has 0 radical (unpaired) electrons. The van der Waals surface area contributed by atoms with E-state index in [0.29, 0.717) is 19.0 Å². The lowest BCUT2D eigenvalue weighted by molar-refractivity contribution is 0.0674. The number of likely N-dealkylation sites (tertiary alicyclic amines) is 1. The quantitative estimate of drug-likeness (QED) is 0.925. The van der Waals surface area contributed by atoms with Crippen LogP contribution >= 0.6 is 11.6 Å². The number of halogens is 2. The Hall–Kier alpha value is -1.13. The molecule has 1 fully saturated rings. The Kier molecular flexibility index (Phi) is 4.77. The van der Waals surface area contributed by atoms with Gasteiger partial charge in [-0.3, -0.25) is 4.79 Å². The summed E-state index contributed by atoms with van der Waals surface area (Å²) in [5.41, 5.74) is 0.256. The molecule has 1 atom stereocenters. The molecule has 0 saturated carbocycles. The maximum atomic E-state index is 13.4. The second-order valence-corrected chi connectivity index (χ2v) is 5.30. The lowest BCUT2D eigenvalue weighted by Gasteiger charge is -2.33. The van der Waals surface area contributed by atoms with Crippen LogP contribution in [-0.4, -0.2) is 37.5 Å². The number of benzene rings is 1. The number of amides is 1. The molecule has 1 saturated heterocycles. The zero-order chi connectivity index (χ0) is 13.8. The molecule has 2 rings (SSSR count). The minimum absolute atomic E-state index is 0.0803. The van der Waals surface area contributed by atoms with Crippen LogP contribution in [0.4, 0.5) is 4.39 Å². The molecule has 1 heterocycles. The standard InChI is InChI=1S/C14H18ClFN2O/c1-17-8-10-4-3-7-18(9-10)14(19)11-5-2-6-12(16)13(11)15/h2,5-6,10,17H,3-4,7-9H2,1H3. The van der Waals surface area contributed by atoms with E-state index in [1.807, 2.05) is 7.05 Å². The van der Waals surface area contributed by atoms with Crippen LogP contribution in [0, 0.1) is 11.7 Å². The Labute approximate surface area is 117 Å². The summed E-state index contributed by atoms with van der Waals surface area (Å²) in [6.07, 6.45) is 2.09. The molecule has 1 unspecified atom stereocenters. The van der Waals surface area contributed by atoms with Crippen LogP contribution in [0.1, 0.15) is 23.2 Å². The van der Waals surface area contributed by atoms with Crippen molar-refractivity contribution in [3.05, 3.63) is 34.6 Å². The summed E-state index contributed by atoms with van der Waals surface area (Å²) in [7, 11) is 1.91. The van der Waals surface area contributed by atoms with Crippen LogP contribution in [0.5, 0.6) is 0 Å². The predicted octanol–water partition coefficient (Wildman–Crippen LogP) is 2.55. The molecule has 1 amide bonds. The SMILES string of the molecule is CNCC1CCCN(C(=O)c2cccc(F)c2Cl)C1. The molecule has 0 bridgehead atoms. The second kappa shape index (κ2) is 6.35. The van der Waals surface area contributed by atoms with Crippen molar-refractivity contribution in [3.8, 4) is 0 Å². The summed E-state index contributed by atoms with van der Waals surface area (Å²) < 4.78 is 13.4. The summed E-state index contributed by atoms with van der Waals surface area (Å²) in [4.78, 5) is 14.1. The zero-order valence-corrected chi connectivity index (χ0v) is 11.7. The van der Waals surface area contributed by atoms with Crippen LogP contribution in [0.2, 0.25) is 5.02 Å². The van der Waals surface area contributed by atoms with Gasteiger partial charge < -0.3 is 10.2 Å². The van der Waals surface area contributed by atoms with E-state index in [0.717, 1.165) is 19.4 Å². The number of carbonyl (C=O) groups excluding carboxylic acids is 1. The molecule has 0 aliphatic carbocycles. The Morgan fingerprint density at radius 3 is 3.11 bits per heavy atom. The second-order valence-electron chi connectivity index (χ2n) is 4.92. The molecule has 1 aliphatic heterocycles. The van der Waals surface area contributed by atoms with Gasteiger partial charge in [0.1, 0.15) is 5.82 Å². The molecule has 1 aromatic carbocycles. The zero-order valence-electron chi connectivity index (χ0n) is 11.0. The molecule has 5 heteroatoms. The first-order valence-electron chi connectivity index (χ1n) is 6.51. The van der Waals surface area contributed by atoms with Gasteiger partial charge >= 0.3 is 0 Å². The highest BCUT2D eigenvalue weighted by atomic mass is 35.5. The Bertz CT molecular complexity index is 465. The van der Waals surface area contributed by atoms with Gasteiger partial charge in [0, 0.05) is 13.1 Å². The fraction of sp³-hybridized carbons (Fsp3) is 0.500. The van der Waals surface area contributed by atoms with E-state index in [9.17, 15) is 9.18 Å². The highest BCUT2D eigenvalue weighted by molar-refractivity contribution is 6.34. The number of nitrogens with one attached hydrogen (secondary N) is 1. The van der Waals surface area contributed by atoms with Crippen molar-refractivity contribution in [2.24, 2.45) is 5.92 Å². The molecule has 0 aromatic heterocycles. The van der Waals surface area contributed by atoms with Crippen molar-refractivity contribution in [1.29, 1.82) is 0 Å². The van der Waals surface area contributed by atoms with Gasteiger partial charge in [-0.25, -0.2) is 4.39 Å². The number of nitrogens with zero attached hydrogens (tertiary/aromatic N) is 1. The molecule has 1 aromatic rings. The molecule has 0 spiro atoms. The average molecular weight is 285 g/mol. The van der Waals surface area contributed by atoms with Gasteiger partial charge in [0.05, 0.1) is 10.6 Å². The van der Waals surface area contributed by atoms with Gasteiger partial charge in [-0.1, -0.05) is 17.7 Å². The fourth-order valence-corrected chi connectivity index (χ4v) is 2.75. The first kappa shape index (κ1) is 14.3. The minimum Gasteiger partial charge on any atom is -0.338 e. The Balaban J connectivity index is 2.12. The van der Waals surface area contributed by atoms with E-state index in [2.05, 4.69) is 5.32 Å². The highest BCUT2D eigenvalue weighted by Gasteiger charge is 2.25. The van der Waals surface area contributed by atoms with Crippen LogP contribution in [0.3, 0.4) is 0 Å². The summed E-state index contributed by atoms with van der Waals surface area (Å²) in [5.74, 6) is -0.267. The monoisotopic (exact) mass is 284 g/mol. The fourth-order valence-electron chi connectivity index (χ4n) is 2.54. The minimum atomic E-state index is -0.545. The third-order valence-electron chi connectivity index (χ3n) is 3.48. The molecule has 19 heavy (non-hydrogen) atoms. The number of carbonyl (C=O) groups is 1. The number of rotatable bonds is 3. The van der Waals surface area contributed by atoms with Crippen LogP contribution in [-0.2, 0) is 0 Å². The average Bonchev–Trinajstić information content (AvgIpc) is 2.42. The van der Waals surface area contributed by atoms with Gasteiger partial charge in [-0.2, -0.15) is 0 Å². The lowest BCUT2D eigenvalue weighted by Crippen LogP contribution is -2.42. The maximum absolute atomic E-state index is 13.4. The third-order valence-corrected chi connectivity index (χ3v) is 3.87. The first-order valence-corrected chi connectivity index (χ1v) is 6.89. The van der Waals surface area contributed by atoms with Crippen molar-refractivity contribution >= 4 is 17.5 Å². The predicted molar refractivity (Wildman–Crippen MR) is 74.0 cm³/mol. The normalized spacial score (nSPS) is 19.5. The largest absolute Gasteiger partial charge is 0.338 e. The van der Waals surface area contributed by atoms with Crippen molar-refractivity contribution in [1.82, 2.24) is 10.2 Å². The third kappa shape index (κ3) is 3.25. The van der Waals surface area contributed by atoms with Crippen molar-refractivity contribution < 1.29 is 9.18 Å². The van der Waals surface area contributed by atoms with E-state index in [1.54, 1.807) is 11.0 Å². The summed E-state index contributed by atoms with van der Waals surface area (Å²) >= 11 is 5.87. The summed E-state index contributed by atoms with van der Waals surface area (Å²) in [6, 6.07) is 4.36. The van der Waals surface area contributed by atoms with Crippen LogP contribution in [0.25, 0.3) is 0 Å². The van der Waals surface area contributed by atoms with Crippen molar-refractivity contribution in [3.63, 3.8) is 0 Å². The molecule has 104 valence electrons. The Morgan fingerprint density at radius 1 is 1.58 bits per heavy atom. The van der Waals surface area contributed by atoms with Gasteiger partial charge in [0.15, 0.2) is 0 Å². The molecular weight excluding hydrogens is 267 g/mol. The number of hydrogen-bond acceptors (Lipinski definition) is 2. The van der Waals surface area contributed by atoms with Gasteiger partial charge in [0.2, 0.25) is 0 Å². The maximum Gasteiger partial charge on any atom is 0.255 e. The molecule has 1 aliphatic rings. The molecule has 1 N–H and O–H groups in total. The van der Waals surface area contributed by atoms with Crippen molar-refractivity contribution in [2.45, 2.75) is 12.8 Å². The highest BCUT2D eigenvalue weighted by Crippen LogP contribution is 2.24. The van der Waals surface area contributed by atoms with Crippen molar-refractivity contribution in [2.75, 3.05) is 26.7 Å². The smallest absolute Gasteiger partial charge is 0.255 e. The molecular formula is C14H18ClFN2O. The van der Waals surface area contributed by atoms with Gasteiger partial charge in [0.25, 0.3) is 5.91 Å². The molecule has 3 nitrogen and oxygen atoms in total. The van der Waals surface area contributed by atoms with E-state index in [1.165, 1.54) is 12.1 Å². The van der Waals surface area contributed by atoms with E-state index >= 15 is 0 Å². The summed E-state index contributed by atoms with van der Waals surface area (Å²) in [5, 5.41) is 3.05. The van der Waals surface area contributed by atoms with E-state index in [-0.39, 0.29) is 16.5 Å². The van der Waals surface area contributed by atoms with Gasteiger partial charge in [-0.05, 0) is 44.5 Å². The topological polar surface area (TPSA) is 32.3 Å². The van der Waals surface area contributed by atoms with Gasteiger partial charge in [-0.15, -0.1) is 0 Å². The van der Waals surface area contributed by atoms with E-state index < -0.39 is 5.82 Å². The lowest BCUT2D eigenvalue weighted by atomic mass is 9.97. The van der Waals surface area contributed by atoms with E-state index in [4.69, 9.17) is 11.6 Å². The first-order chi connectivity index (χ1) is 9.13. The number of piperidine rings is 1. The summed E-state index contributed by atoms with van der Waals surface area (Å²) in [6.45, 7) is 2.30. The van der Waals surface area contributed by atoms with Crippen LogP contribution < -0.4 is 5.32 Å².